The molecule has 0 amide bonds. The van der Waals surface area contributed by atoms with Crippen molar-refractivity contribution >= 4 is 21.6 Å². The number of aliphatic hydroxyl groups is 1. The van der Waals surface area contributed by atoms with E-state index in [1.165, 1.54) is 13.0 Å². The van der Waals surface area contributed by atoms with E-state index in [2.05, 4.69) is 22.5 Å². The van der Waals surface area contributed by atoms with Crippen LogP contribution in [0.4, 0.5) is 5.69 Å². The highest BCUT2D eigenvalue weighted by molar-refractivity contribution is 9.10. The Labute approximate surface area is 113 Å². The van der Waals surface area contributed by atoms with Gasteiger partial charge in [-0.3, -0.25) is 10.1 Å². The molecule has 1 rings (SSSR count). The molecule has 1 unspecified atom stereocenters. The van der Waals surface area contributed by atoms with Gasteiger partial charge in [0.2, 0.25) is 5.75 Å². The Hall–Kier alpha value is -1.40. The quantitative estimate of drug-likeness (QED) is 0.378. The predicted molar refractivity (Wildman–Crippen MR) is 71.7 cm³/mol. The number of nitrogens with zero attached hydrogens (tertiary/aromatic N) is 1. The standard InChI is InChI=1S/C12H14BrNO4/c1-3-4-5-18-12-10(8(2)15)6-9(13)7-11(12)14(16)17/h3,6-8,15H,1,4-5H2,2H3. The molecule has 98 valence electrons. The number of nitro groups is 1. The summed E-state index contributed by atoms with van der Waals surface area (Å²) >= 11 is 3.18. The third-order valence-electron chi connectivity index (χ3n) is 2.28. The van der Waals surface area contributed by atoms with Crippen LogP contribution in [0.3, 0.4) is 0 Å². The molecule has 0 saturated heterocycles. The normalized spacial score (nSPS) is 11.9. The number of nitro benzene ring substituents is 1. The summed E-state index contributed by atoms with van der Waals surface area (Å²) in [6.45, 7) is 5.37. The Morgan fingerprint density at radius 2 is 2.33 bits per heavy atom. The predicted octanol–water partition coefficient (Wildman–Crippen LogP) is 3.37. The number of hydrogen-bond acceptors (Lipinski definition) is 4. The highest BCUT2D eigenvalue weighted by atomic mass is 79.9. The van der Waals surface area contributed by atoms with E-state index >= 15 is 0 Å². The van der Waals surface area contributed by atoms with Gasteiger partial charge in [-0.15, -0.1) is 6.58 Å². The second kappa shape index (κ2) is 6.51. The Morgan fingerprint density at radius 1 is 1.67 bits per heavy atom. The monoisotopic (exact) mass is 315 g/mol. The van der Waals surface area contributed by atoms with Gasteiger partial charge in [0.05, 0.1) is 17.6 Å². The molecule has 0 radical (unpaired) electrons. The molecular weight excluding hydrogens is 302 g/mol. The highest BCUT2D eigenvalue weighted by Crippen LogP contribution is 2.37. The second-order valence-electron chi connectivity index (χ2n) is 3.70. The van der Waals surface area contributed by atoms with Crippen molar-refractivity contribution in [3.05, 3.63) is 44.9 Å². The Morgan fingerprint density at radius 3 is 2.83 bits per heavy atom. The van der Waals surface area contributed by atoms with Crippen LogP contribution in [-0.4, -0.2) is 16.6 Å². The summed E-state index contributed by atoms with van der Waals surface area (Å²) < 4.78 is 5.92. The summed E-state index contributed by atoms with van der Waals surface area (Å²) in [6, 6.07) is 2.97. The fraction of sp³-hybridized carbons (Fsp3) is 0.333. The van der Waals surface area contributed by atoms with E-state index in [1.807, 2.05) is 0 Å². The minimum absolute atomic E-state index is 0.111. The van der Waals surface area contributed by atoms with E-state index in [0.717, 1.165) is 0 Å². The first-order valence-electron chi connectivity index (χ1n) is 5.37. The lowest BCUT2D eigenvalue weighted by Gasteiger charge is -2.13. The van der Waals surface area contributed by atoms with Crippen molar-refractivity contribution < 1.29 is 14.8 Å². The number of ether oxygens (including phenoxy) is 1. The Balaban J connectivity index is 3.22. The number of aliphatic hydroxyl groups excluding tert-OH is 1. The van der Waals surface area contributed by atoms with Gasteiger partial charge in [-0.25, -0.2) is 0 Å². The van der Waals surface area contributed by atoms with Gasteiger partial charge in [-0.2, -0.15) is 0 Å². The van der Waals surface area contributed by atoms with Gasteiger partial charge in [0.15, 0.2) is 0 Å². The molecule has 1 N–H and O–H groups in total. The molecule has 0 aliphatic heterocycles. The fourth-order valence-corrected chi connectivity index (χ4v) is 1.91. The molecule has 1 aromatic rings. The van der Waals surface area contributed by atoms with Crippen LogP contribution in [0.15, 0.2) is 29.3 Å². The van der Waals surface area contributed by atoms with Gasteiger partial charge < -0.3 is 9.84 Å². The van der Waals surface area contributed by atoms with Crippen molar-refractivity contribution in [3.63, 3.8) is 0 Å². The lowest BCUT2D eigenvalue weighted by molar-refractivity contribution is -0.386. The van der Waals surface area contributed by atoms with Gasteiger partial charge in [0.25, 0.3) is 0 Å². The second-order valence-corrected chi connectivity index (χ2v) is 4.62. The maximum absolute atomic E-state index is 11.0. The zero-order chi connectivity index (χ0) is 13.7. The number of benzene rings is 1. The van der Waals surface area contributed by atoms with Gasteiger partial charge in [0, 0.05) is 16.1 Å². The van der Waals surface area contributed by atoms with E-state index in [1.54, 1.807) is 12.1 Å². The first kappa shape index (κ1) is 14.7. The van der Waals surface area contributed by atoms with Crippen LogP contribution in [-0.2, 0) is 0 Å². The number of rotatable bonds is 6. The molecule has 0 spiro atoms. The molecule has 0 aliphatic rings. The summed E-state index contributed by atoms with van der Waals surface area (Å²) in [5.41, 5.74) is 0.226. The van der Waals surface area contributed by atoms with Crippen molar-refractivity contribution in [3.8, 4) is 5.75 Å². The number of hydrogen-bond donors (Lipinski definition) is 1. The van der Waals surface area contributed by atoms with Crippen molar-refractivity contribution in [2.45, 2.75) is 19.4 Å². The summed E-state index contributed by atoms with van der Waals surface area (Å²) in [5, 5.41) is 20.6. The van der Waals surface area contributed by atoms with Gasteiger partial charge in [0.1, 0.15) is 0 Å². The first-order chi connectivity index (χ1) is 8.47. The third kappa shape index (κ3) is 3.54. The van der Waals surface area contributed by atoms with Crippen LogP contribution >= 0.6 is 15.9 Å². The summed E-state index contributed by atoms with van der Waals surface area (Å²) in [7, 11) is 0. The smallest absolute Gasteiger partial charge is 0.312 e. The van der Waals surface area contributed by atoms with Crippen molar-refractivity contribution in [2.24, 2.45) is 0 Å². The molecule has 6 heteroatoms. The number of halogens is 1. The largest absolute Gasteiger partial charge is 0.486 e. The van der Waals surface area contributed by atoms with Gasteiger partial charge in [-0.1, -0.05) is 22.0 Å². The first-order valence-corrected chi connectivity index (χ1v) is 6.16. The summed E-state index contributed by atoms with van der Waals surface area (Å²) in [5.74, 6) is 0.111. The van der Waals surface area contributed by atoms with E-state index in [-0.39, 0.29) is 18.0 Å². The maximum Gasteiger partial charge on any atom is 0.312 e. The Kier molecular flexibility index (Phi) is 5.30. The molecule has 0 bridgehead atoms. The van der Waals surface area contributed by atoms with Crippen LogP contribution in [0.1, 0.15) is 25.0 Å². The Bertz CT molecular complexity index is 460. The minimum Gasteiger partial charge on any atom is -0.486 e. The van der Waals surface area contributed by atoms with Crippen molar-refractivity contribution in [2.75, 3.05) is 6.61 Å². The summed E-state index contributed by atoms with van der Waals surface area (Å²) in [4.78, 5) is 10.5. The molecule has 0 fully saturated rings. The molecule has 0 heterocycles. The SMILES string of the molecule is C=CCCOc1c(C(C)O)cc(Br)cc1[N+](=O)[O-]. The van der Waals surface area contributed by atoms with Gasteiger partial charge in [-0.05, 0) is 19.4 Å². The van der Waals surface area contributed by atoms with Gasteiger partial charge >= 0.3 is 5.69 Å². The van der Waals surface area contributed by atoms with E-state index in [4.69, 9.17) is 4.74 Å². The van der Waals surface area contributed by atoms with Crippen LogP contribution in [0.2, 0.25) is 0 Å². The van der Waals surface area contributed by atoms with Crippen LogP contribution < -0.4 is 4.74 Å². The van der Waals surface area contributed by atoms with Crippen LogP contribution in [0.5, 0.6) is 5.75 Å². The minimum atomic E-state index is -0.847. The third-order valence-corrected chi connectivity index (χ3v) is 2.74. The molecular formula is C12H14BrNO4. The molecule has 0 aromatic heterocycles. The molecule has 0 saturated carbocycles. The zero-order valence-electron chi connectivity index (χ0n) is 9.93. The average Bonchev–Trinajstić information content (AvgIpc) is 2.30. The zero-order valence-corrected chi connectivity index (χ0v) is 11.5. The highest BCUT2D eigenvalue weighted by Gasteiger charge is 2.23. The molecule has 1 aromatic carbocycles. The lowest BCUT2D eigenvalue weighted by atomic mass is 10.1. The fourth-order valence-electron chi connectivity index (χ4n) is 1.45. The lowest BCUT2D eigenvalue weighted by Crippen LogP contribution is -2.05. The topological polar surface area (TPSA) is 72.6 Å². The van der Waals surface area contributed by atoms with Crippen LogP contribution in [0, 0.1) is 10.1 Å². The molecule has 0 aliphatic carbocycles. The molecule has 5 nitrogen and oxygen atoms in total. The summed E-state index contributed by atoms with van der Waals surface area (Å²) in [6.07, 6.45) is 1.39. The van der Waals surface area contributed by atoms with E-state index in [0.29, 0.717) is 16.5 Å². The average molecular weight is 316 g/mol. The molecule has 1 atom stereocenters. The van der Waals surface area contributed by atoms with E-state index in [9.17, 15) is 15.2 Å². The van der Waals surface area contributed by atoms with Crippen molar-refractivity contribution in [1.82, 2.24) is 0 Å². The molecule has 18 heavy (non-hydrogen) atoms. The van der Waals surface area contributed by atoms with E-state index < -0.39 is 11.0 Å². The van der Waals surface area contributed by atoms with Crippen molar-refractivity contribution in [1.29, 1.82) is 0 Å². The maximum atomic E-state index is 11.0. The van der Waals surface area contributed by atoms with Crippen LogP contribution in [0.25, 0.3) is 0 Å².